The first kappa shape index (κ1) is 12.8. The summed E-state index contributed by atoms with van der Waals surface area (Å²) in [5.74, 6) is 0.147. The quantitative estimate of drug-likeness (QED) is 0.776. The molecule has 1 fully saturated rings. The van der Waals surface area contributed by atoms with Crippen LogP contribution in [0.5, 0.6) is 0 Å². The van der Waals surface area contributed by atoms with Gasteiger partial charge >= 0.3 is 0 Å². The third kappa shape index (κ3) is 3.43. The van der Waals surface area contributed by atoms with E-state index in [1.54, 1.807) is 19.2 Å². The van der Waals surface area contributed by atoms with Crippen LogP contribution in [0.2, 0.25) is 0 Å². The molecule has 5 nitrogen and oxygen atoms in total. The van der Waals surface area contributed by atoms with E-state index in [4.69, 9.17) is 0 Å². The molecule has 1 aliphatic rings. The third-order valence-corrected chi connectivity index (χ3v) is 3.26. The van der Waals surface area contributed by atoms with Gasteiger partial charge in [-0.25, -0.2) is 0 Å². The molecule has 2 rings (SSSR count). The molecule has 1 saturated heterocycles. The van der Waals surface area contributed by atoms with Crippen LogP contribution in [0.3, 0.4) is 0 Å². The van der Waals surface area contributed by atoms with Gasteiger partial charge in [0.05, 0.1) is 12.2 Å². The van der Waals surface area contributed by atoms with Crippen LogP contribution >= 0.6 is 0 Å². The Morgan fingerprint density at radius 1 is 1.44 bits per heavy atom. The summed E-state index contributed by atoms with van der Waals surface area (Å²) in [6, 6.07) is 3.89. The van der Waals surface area contributed by atoms with E-state index in [-0.39, 0.29) is 17.7 Å². The lowest BCUT2D eigenvalue weighted by Crippen LogP contribution is -2.45. The first-order valence-electron chi connectivity index (χ1n) is 6.31. The number of ketones is 1. The summed E-state index contributed by atoms with van der Waals surface area (Å²) in [4.78, 5) is 27.9. The fraction of sp³-hybridized carbons (Fsp3) is 0.538. The normalized spacial score (nSPS) is 17.6. The Bertz CT molecular complexity index is 406. The van der Waals surface area contributed by atoms with E-state index in [1.165, 1.54) is 0 Å². The van der Waals surface area contributed by atoms with Crippen molar-refractivity contribution in [3.63, 3.8) is 0 Å². The molecular weight excluding hydrogens is 230 g/mol. The summed E-state index contributed by atoms with van der Waals surface area (Å²) >= 11 is 0. The number of piperidine rings is 1. The number of carbonyl (C=O) groups is 2. The monoisotopic (exact) mass is 249 g/mol. The number of amides is 1. The topological polar surface area (TPSA) is 65.2 Å². The van der Waals surface area contributed by atoms with Crippen molar-refractivity contribution in [3.05, 3.63) is 24.0 Å². The van der Waals surface area contributed by atoms with E-state index in [0.29, 0.717) is 12.2 Å². The summed E-state index contributed by atoms with van der Waals surface area (Å²) in [5.41, 5.74) is 0.666. The van der Waals surface area contributed by atoms with E-state index in [2.05, 4.69) is 15.2 Å². The van der Waals surface area contributed by atoms with Gasteiger partial charge in [0.15, 0.2) is 5.78 Å². The lowest BCUT2D eigenvalue weighted by Gasteiger charge is -2.31. The van der Waals surface area contributed by atoms with Gasteiger partial charge < -0.3 is 10.3 Å². The number of nitrogens with zero attached hydrogens (tertiary/aromatic N) is 1. The predicted octanol–water partition coefficient (Wildman–Crippen LogP) is 0.798. The highest BCUT2D eigenvalue weighted by molar-refractivity contribution is 5.95. The maximum Gasteiger partial charge on any atom is 0.217 e. The molecule has 0 radical (unpaired) electrons. The van der Waals surface area contributed by atoms with Crippen LogP contribution in [-0.4, -0.2) is 47.3 Å². The maximum absolute atomic E-state index is 11.9. The molecule has 0 aliphatic carbocycles. The minimum absolute atomic E-state index is 0.0240. The number of carbonyl (C=O) groups excluding carboxylic acids is 2. The van der Waals surface area contributed by atoms with Gasteiger partial charge in [0.2, 0.25) is 5.91 Å². The molecule has 1 aromatic rings. The second-order valence-corrected chi connectivity index (χ2v) is 4.76. The molecule has 1 aliphatic heterocycles. The SMILES string of the molecule is CC(=O)NC1CCN(CC(=O)c2ccc[nH]2)CC1. The van der Waals surface area contributed by atoms with Crippen LogP contribution in [0.1, 0.15) is 30.3 Å². The summed E-state index contributed by atoms with van der Waals surface area (Å²) < 4.78 is 0. The molecule has 2 N–H and O–H groups in total. The van der Waals surface area contributed by atoms with E-state index in [0.717, 1.165) is 25.9 Å². The van der Waals surface area contributed by atoms with Crippen LogP contribution < -0.4 is 5.32 Å². The van der Waals surface area contributed by atoms with Crippen LogP contribution in [0.4, 0.5) is 0 Å². The number of hydrogen-bond acceptors (Lipinski definition) is 3. The van der Waals surface area contributed by atoms with Crippen molar-refractivity contribution < 1.29 is 9.59 Å². The molecule has 5 heteroatoms. The second kappa shape index (κ2) is 5.82. The summed E-state index contributed by atoms with van der Waals surface area (Å²) in [6.07, 6.45) is 3.59. The molecule has 0 atom stereocenters. The van der Waals surface area contributed by atoms with Crippen molar-refractivity contribution in [2.24, 2.45) is 0 Å². The minimum atomic E-state index is 0.0240. The van der Waals surface area contributed by atoms with Gasteiger partial charge in [0.25, 0.3) is 0 Å². The van der Waals surface area contributed by atoms with Gasteiger partial charge in [0, 0.05) is 32.3 Å². The van der Waals surface area contributed by atoms with Gasteiger partial charge in [-0.15, -0.1) is 0 Å². The van der Waals surface area contributed by atoms with Gasteiger partial charge in [-0.1, -0.05) is 0 Å². The zero-order chi connectivity index (χ0) is 13.0. The highest BCUT2D eigenvalue weighted by Gasteiger charge is 2.21. The average molecular weight is 249 g/mol. The Morgan fingerprint density at radius 2 is 2.17 bits per heavy atom. The molecule has 1 aromatic heterocycles. The number of Topliss-reactive ketones (excluding diaryl/α,β-unsaturated/α-hetero) is 1. The molecule has 0 saturated carbocycles. The Balaban J connectivity index is 1.77. The summed E-state index contributed by atoms with van der Waals surface area (Å²) in [5, 5.41) is 2.93. The van der Waals surface area contributed by atoms with Crippen LogP contribution in [0, 0.1) is 0 Å². The molecular formula is C13H19N3O2. The minimum Gasteiger partial charge on any atom is -0.359 e. The smallest absolute Gasteiger partial charge is 0.217 e. The van der Waals surface area contributed by atoms with Crippen molar-refractivity contribution in [2.75, 3.05) is 19.6 Å². The number of likely N-dealkylation sites (tertiary alicyclic amines) is 1. The number of rotatable bonds is 4. The second-order valence-electron chi connectivity index (χ2n) is 4.76. The molecule has 98 valence electrons. The lowest BCUT2D eigenvalue weighted by atomic mass is 10.0. The Hall–Kier alpha value is -1.62. The first-order valence-corrected chi connectivity index (χ1v) is 6.31. The van der Waals surface area contributed by atoms with Crippen molar-refractivity contribution in [2.45, 2.75) is 25.8 Å². The largest absolute Gasteiger partial charge is 0.359 e. The zero-order valence-electron chi connectivity index (χ0n) is 10.6. The fourth-order valence-corrected chi connectivity index (χ4v) is 2.31. The number of nitrogens with one attached hydrogen (secondary N) is 2. The average Bonchev–Trinajstić information content (AvgIpc) is 2.84. The van der Waals surface area contributed by atoms with Crippen molar-refractivity contribution in [1.29, 1.82) is 0 Å². The number of hydrogen-bond donors (Lipinski definition) is 2. The predicted molar refractivity (Wildman–Crippen MR) is 68.4 cm³/mol. The summed E-state index contributed by atoms with van der Waals surface area (Å²) in [6.45, 7) is 3.71. The van der Waals surface area contributed by atoms with Crippen LogP contribution in [0.25, 0.3) is 0 Å². The maximum atomic E-state index is 11.9. The van der Waals surface area contributed by atoms with Gasteiger partial charge in [-0.2, -0.15) is 0 Å². The molecule has 18 heavy (non-hydrogen) atoms. The molecule has 0 aromatic carbocycles. The fourth-order valence-electron chi connectivity index (χ4n) is 2.31. The third-order valence-electron chi connectivity index (χ3n) is 3.26. The van der Waals surface area contributed by atoms with Gasteiger partial charge in [-0.3, -0.25) is 14.5 Å². The zero-order valence-corrected chi connectivity index (χ0v) is 10.6. The number of aromatic amines is 1. The lowest BCUT2D eigenvalue weighted by molar-refractivity contribution is -0.119. The van der Waals surface area contributed by atoms with Crippen LogP contribution in [-0.2, 0) is 4.79 Å². The Morgan fingerprint density at radius 3 is 2.72 bits per heavy atom. The Labute approximate surface area is 107 Å². The first-order chi connectivity index (χ1) is 8.65. The van der Waals surface area contributed by atoms with E-state index < -0.39 is 0 Å². The highest BCUT2D eigenvalue weighted by Crippen LogP contribution is 2.11. The summed E-state index contributed by atoms with van der Waals surface area (Å²) in [7, 11) is 0. The van der Waals surface area contributed by atoms with E-state index >= 15 is 0 Å². The highest BCUT2D eigenvalue weighted by atomic mass is 16.1. The number of aromatic nitrogens is 1. The standard InChI is InChI=1S/C13H19N3O2/c1-10(17)15-11-4-7-16(8-5-11)9-13(18)12-3-2-6-14-12/h2-3,6,11,14H,4-5,7-9H2,1H3,(H,15,17). The van der Waals surface area contributed by atoms with Crippen molar-refractivity contribution >= 4 is 11.7 Å². The van der Waals surface area contributed by atoms with Crippen LogP contribution in [0.15, 0.2) is 18.3 Å². The molecule has 0 spiro atoms. The molecule has 0 bridgehead atoms. The van der Waals surface area contributed by atoms with E-state index in [1.807, 2.05) is 6.07 Å². The van der Waals surface area contributed by atoms with Gasteiger partial charge in [-0.05, 0) is 25.0 Å². The molecule has 2 heterocycles. The van der Waals surface area contributed by atoms with Crippen molar-refractivity contribution in [3.8, 4) is 0 Å². The molecule has 1 amide bonds. The number of H-pyrrole nitrogens is 1. The van der Waals surface area contributed by atoms with Crippen molar-refractivity contribution in [1.82, 2.24) is 15.2 Å². The van der Waals surface area contributed by atoms with E-state index in [9.17, 15) is 9.59 Å². The van der Waals surface area contributed by atoms with Gasteiger partial charge in [0.1, 0.15) is 0 Å². The Kier molecular flexibility index (Phi) is 4.15. The molecule has 0 unspecified atom stereocenters.